The van der Waals surface area contributed by atoms with Gasteiger partial charge in [0.05, 0.1) is 0 Å². The van der Waals surface area contributed by atoms with Crippen LogP contribution in [0.15, 0.2) is 42.5 Å². The van der Waals surface area contributed by atoms with Gasteiger partial charge in [-0.25, -0.2) is 0 Å². The van der Waals surface area contributed by atoms with Crippen LogP contribution in [-0.2, 0) is 12.8 Å². The molecule has 0 amide bonds. The van der Waals surface area contributed by atoms with Gasteiger partial charge >= 0.3 is 0 Å². The van der Waals surface area contributed by atoms with Gasteiger partial charge in [-0.05, 0) is 55.5 Å². The molecule has 0 saturated heterocycles. The third-order valence-electron chi connectivity index (χ3n) is 4.31. The van der Waals surface area contributed by atoms with E-state index >= 15 is 0 Å². The summed E-state index contributed by atoms with van der Waals surface area (Å²) in [6.45, 7) is 2.02. The smallest absolute Gasteiger partial charge is 0.120 e. The molecule has 2 aromatic carbocycles. The predicted molar refractivity (Wildman–Crippen MR) is 83.6 cm³/mol. The molecule has 3 heteroatoms. The van der Waals surface area contributed by atoms with Crippen LogP contribution in [0.5, 0.6) is 11.5 Å². The van der Waals surface area contributed by atoms with Crippen molar-refractivity contribution in [2.45, 2.75) is 38.3 Å². The number of rotatable bonds is 3. The summed E-state index contributed by atoms with van der Waals surface area (Å²) in [6.07, 6.45) is 3.20. The Bertz CT molecular complexity index is 639. The first-order chi connectivity index (χ1) is 10.1. The molecule has 3 rings (SSSR count). The fraction of sp³-hybridized carbons (Fsp3) is 0.333. The van der Waals surface area contributed by atoms with Crippen LogP contribution in [0.1, 0.15) is 36.1 Å². The third-order valence-corrected chi connectivity index (χ3v) is 4.31. The van der Waals surface area contributed by atoms with E-state index in [1.807, 2.05) is 6.92 Å². The van der Waals surface area contributed by atoms with E-state index in [1.165, 1.54) is 17.2 Å². The molecule has 2 aromatic rings. The summed E-state index contributed by atoms with van der Waals surface area (Å²) < 4.78 is 0. The average Bonchev–Trinajstić information content (AvgIpc) is 2.49. The Morgan fingerprint density at radius 3 is 2.67 bits per heavy atom. The van der Waals surface area contributed by atoms with Gasteiger partial charge in [0.25, 0.3) is 0 Å². The molecule has 0 spiro atoms. The van der Waals surface area contributed by atoms with Gasteiger partial charge in [-0.1, -0.05) is 24.3 Å². The minimum absolute atomic E-state index is 0.00682. The summed E-state index contributed by atoms with van der Waals surface area (Å²) in [6, 6.07) is 13.7. The fourth-order valence-electron chi connectivity index (χ4n) is 3.17. The highest BCUT2D eigenvalue weighted by atomic mass is 16.3. The third kappa shape index (κ3) is 3.03. The van der Waals surface area contributed by atoms with E-state index in [1.54, 1.807) is 12.1 Å². The molecule has 0 heterocycles. The first kappa shape index (κ1) is 14.0. The Morgan fingerprint density at radius 1 is 1.10 bits per heavy atom. The Kier molecular flexibility index (Phi) is 3.84. The number of phenolic OH excluding ortho intramolecular Hbond substituents is 2. The number of hydrogen-bond acceptors (Lipinski definition) is 3. The molecule has 21 heavy (non-hydrogen) atoms. The number of hydrogen-bond donors (Lipinski definition) is 3. The highest BCUT2D eigenvalue weighted by Crippen LogP contribution is 2.29. The van der Waals surface area contributed by atoms with Crippen molar-refractivity contribution in [2.24, 2.45) is 0 Å². The van der Waals surface area contributed by atoms with E-state index in [2.05, 4.69) is 29.6 Å². The van der Waals surface area contributed by atoms with Gasteiger partial charge in [0.15, 0.2) is 0 Å². The van der Waals surface area contributed by atoms with Crippen molar-refractivity contribution in [2.75, 3.05) is 0 Å². The van der Waals surface area contributed by atoms with Gasteiger partial charge in [-0.3, -0.25) is 0 Å². The summed E-state index contributed by atoms with van der Waals surface area (Å²) in [4.78, 5) is 0. The van der Waals surface area contributed by atoms with Crippen molar-refractivity contribution in [3.05, 3.63) is 59.2 Å². The molecule has 0 radical (unpaired) electrons. The molecule has 110 valence electrons. The molecule has 0 aliphatic heterocycles. The normalized spacial score (nSPS) is 19.0. The molecule has 1 aliphatic rings. The van der Waals surface area contributed by atoms with Crippen LogP contribution in [0.2, 0.25) is 0 Å². The quantitative estimate of drug-likeness (QED) is 0.758. The number of aromatic hydroxyl groups is 2. The second-order valence-electron chi connectivity index (χ2n) is 5.84. The van der Waals surface area contributed by atoms with Crippen molar-refractivity contribution in [1.29, 1.82) is 0 Å². The van der Waals surface area contributed by atoms with E-state index in [-0.39, 0.29) is 17.5 Å². The largest absolute Gasteiger partial charge is 0.508 e. The van der Waals surface area contributed by atoms with Crippen molar-refractivity contribution in [3.63, 3.8) is 0 Å². The lowest BCUT2D eigenvalue weighted by Crippen LogP contribution is -2.36. The molecule has 0 fully saturated rings. The Morgan fingerprint density at radius 2 is 1.86 bits per heavy atom. The molecule has 2 unspecified atom stereocenters. The Balaban J connectivity index is 1.71. The van der Waals surface area contributed by atoms with Gasteiger partial charge in [0.2, 0.25) is 0 Å². The molecular weight excluding hydrogens is 262 g/mol. The minimum Gasteiger partial charge on any atom is -0.508 e. The lowest BCUT2D eigenvalue weighted by Gasteiger charge is -2.29. The van der Waals surface area contributed by atoms with Gasteiger partial charge < -0.3 is 15.5 Å². The zero-order valence-electron chi connectivity index (χ0n) is 12.2. The van der Waals surface area contributed by atoms with Crippen molar-refractivity contribution < 1.29 is 10.2 Å². The lowest BCUT2D eigenvalue weighted by atomic mass is 9.88. The van der Waals surface area contributed by atoms with E-state index in [0.717, 1.165) is 24.8 Å². The Hall–Kier alpha value is -2.00. The van der Waals surface area contributed by atoms with Crippen molar-refractivity contribution in [3.8, 4) is 11.5 Å². The van der Waals surface area contributed by atoms with Crippen LogP contribution >= 0.6 is 0 Å². The van der Waals surface area contributed by atoms with E-state index in [0.29, 0.717) is 6.04 Å². The lowest BCUT2D eigenvalue weighted by molar-refractivity contribution is 0.395. The number of nitrogens with one attached hydrogen (secondary N) is 1. The standard InChI is InChI=1S/C18H21NO2/c1-12(17-11-16(20)8-9-18(17)21)19-15-7-6-13-4-2-3-5-14(13)10-15/h2-5,8-9,11-12,15,19-21H,6-7,10H2,1H3. The van der Waals surface area contributed by atoms with Crippen LogP contribution in [0.25, 0.3) is 0 Å². The second kappa shape index (κ2) is 5.78. The molecule has 0 bridgehead atoms. The number of phenols is 2. The van der Waals surface area contributed by atoms with Gasteiger partial charge in [-0.2, -0.15) is 0 Å². The summed E-state index contributed by atoms with van der Waals surface area (Å²) in [7, 11) is 0. The summed E-state index contributed by atoms with van der Waals surface area (Å²) >= 11 is 0. The minimum atomic E-state index is 0.00682. The molecular formula is C18H21NO2. The van der Waals surface area contributed by atoms with Crippen LogP contribution in [0.4, 0.5) is 0 Å². The van der Waals surface area contributed by atoms with Crippen molar-refractivity contribution in [1.82, 2.24) is 5.32 Å². The molecule has 0 saturated carbocycles. The first-order valence-corrected chi connectivity index (χ1v) is 7.48. The second-order valence-corrected chi connectivity index (χ2v) is 5.84. The maximum atomic E-state index is 9.94. The summed E-state index contributed by atoms with van der Waals surface area (Å²) in [5, 5.41) is 23.1. The maximum Gasteiger partial charge on any atom is 0.120 e. The molecule has 3 nitrogen and oxygen atoms in total. The molecule has 2 atom stereocenters. The number of benzene rings is 2. The molecule has 0 aromatic heterocycles. The first-order valence-electron chi connectivity index (χ1n) is 7.48. The summed E-state index contributed by atoms with van der Waals surface area (Å²) in [5.41, 5.74) is 3.60. The van der Waals surface area contributed by atoms with Crippen LogP contribution in [0, 0.1) is 0 Å². The van der Waals surface area contributed by atoms with Crippen LogP contribution < -0.4 is 5.32 Å². The van der Waals surface area contributed by atoms with E-state index in [4.69, 9.17) is 0 Å². The van der Waals surface area contributed by atoms with Gasteiger partial charge in [0, 0.05) is 17.6 Å². The highest BCUT2D eigenvalue weighted by molar-refractivity contribution is 5.40. The predicted octanol–water partition coefficient (Wildman–Crippen LogP) is 3.31. The number of aryl methyl sites for hydroxylation is 1. The summed E-state index contributed by atoms with van der Waals surface area (Å²) in [5.74, 6) is 0.412. The van der Waals surface area contributed by atoms with Crippen LogP contribution in [-0.4, -0.2) is 16.3 Å². The maximum absolute atomic E-state index is 9.94. The Labute approximate surface area is 125 Å². The van der Waals surface area contributed by atoms with Crippen molar-refractivity contribution >= 4 is 0 Å². The SMILES string of the molecule is CC(NC1CCc2ccccc2C1)c1cc(O)ccc1O. The zero-order valence-corrected chi connectivity index (χ0v) is 12.2. The number of fused-ring (bicyclic) bond motifs is 1. The van der Waals surface area contributed by atoms with Gasteiger partial charge in [0.1, 0.15) is 11.5 Å². The topological polar surface area (TPSA) is 52.5 Å². The average molecular weight is 283 g/mol. The monoisotopic (exact) mass is 283 g/mol. The zero-order chi connectivity index (χ0) is 14.8. The fourth-order valence-corrected chi connectivity index (χ4v) is 3.17. The molecule has 3 N–H and O–H groups in total. The molecule has 1 aliphatic carbocycles. The van der Waals surface area contributed by atoms with E-state index in [9.17, 15) is 10.2 Å². The highest BCUT2D eigenvalue weighted by Gasteiger charge is 2.21. The van der Waals surface area contributed by atoms with Gasteiger partial charge in [-0.15, -0.1) is 0 Å². The van der Waals surface area contributed by atoms with Crippen LogP contribution in [0.3, 0.4) is 0 Å². The van der Waals surface area contributed by atoms with E-state index < -0.39 is 0 Å².